The summed E-state index contributed by atoms with van der Waals surface area (Å²) in [4.78, 5) is 14.1. The molecule has 0 heterocycles. The van der Waals surface area contributed by atoms with Crippen LogP contribution < -0.4 is 5.32 Å². The molecule has 0 saturated heterocycles. The van der Waals surface area contributed by atoms with E-state index in [1.54, 1.807) is 12.1 Å². The van der Waals surface area contributed by atoms with Gasteiger partial charge in [-0.25, -0.2) is 4.39 Å². The molecule has 3 nitrogen and oxygen atoms in total. The van der Waals surface area contributed by atoms with Crippen LogP contribution >= 0.6 is 15.9 Å². The molecule has 1 rings (SSSR count). The van der Waals surface area contributed by atoms with Crippen LogP contribution in [0.4, 0.5) is 4.39 Å². The van der Waals surface area contributed by atoms with Crippen molar-refractivity contribution in [2.75, 3.05) is 20.1 Å². The number of carbonyl (C=O) groups excluding carboxylic acids is 1. The fraction of sp³-hybridized carbons (Fsp3) is 0.533. The van der Waals surface area contributed by atoms with E-state index in [1.807, 2.05) is 0 Å². The number of amides is 1. The molecule has 0 bridgehead atoms. The lowest BCUT2D eigenvalue weighted by Crippen LogP contribution is -2.29. The Labute approximate surface area is 128 Å². The number of nitrogens with one attached hydrogen (secondary N) is 1. The molecule has 0 aliphatic heterocycles. The Bertz CT molecular complexity index is 451. The number of carbonyl (C=O) groups is 1. The lowest BCUT2D eigenvalue weighted by atomic mass is 10.2. The summed E-state index contributed by atoms with van der Waals surface area (Å²) < 4.78 is 13.7. The molecule has 0 atom stereocenters. The third kappa shape index (κ3) is 5.59. The summed E-state index contributed by atoms with van der Waals surface area (Å²) in [6.07, 6.45) is 1.95. The highest BCUT2D eigenvalue weighted by Crippen LogP contribution is 2.16. The standard InChI is InChI=1S/C15H22BrFN2O/c1-11(2)19(3)9-5-4-8-18-15(20)12-6-7-13(16)14(17)10-12/h6-7,10-11H,4-5,8-9H2,1-3H3,(H,18,20). The Morgan fingerprint density at radius 2 is 2.10 bits per heavy atom. The van der Waals surface area contributed by atoms with Gasteiger partial charge in [-0.05, 0) is 74.4 Å². The van der Waals surface area contributed by atoms with Crippen LogP contribution in [0.5, 0.6) is 0 Å². The van der Waals surface area contributed by atoms with Crippen LogP contribution in [0.2, 0.25) is 0 Å². The minimum absolute atomic E-state index is 0.228. The molecule has 1 aromatic rings. The molecule has 1 N–H and O–H groups in total. The quantitative estimate of drug-likeness (QED) is 0.768. The summed E-state index contributed by atoms with van der Waals surface area (Å²) in [6.45, 7) is 5.94. The van der Waals surface area contributed by atoms with Crippen molar-refractivity contribution in [3.63, 3.8) is 0 Å². The molecule has 1 aromatic carbocycles. The van der Waals surface area contributed by atoms with Crippen molar-refractivity contribution in [3.05, 3.63) is 34.1 Å². The molecule has 20 heavy (non-hydrogen) atoms. The zero-order chi connectivity index (χ0) is 15.1. The second-order valence-corrected chi connectivity index (χ2v) is 6.02. The van der Waals surface area contributed by atoms with Gasteiger partial charge in [-0.2, -0.15) is 0 Å². The van der Waals surface area contributed by atoms with Gasteiger partial charge in [-0.3, -0.25) is 4.79 Å². The van der Waals surface area contributed by atoms with Crippen LogP contribution in [-0.2, 0) is 0 Å². The highest BCUT2D eigenvalue weighted by molar-refractivity contribution is 9.10. The van der Waals surface area contributed by atoms with Gasteiger partial charge < -0.3 is 10.2 Å². The van der Waals surface area contributed by atoms with Gasteiger partial charge in [0, 0.05) is 18.2 Å². The molecule has 0 radical (unpaired) electrons. The summed E-state index contributed by atoms with van der Waals surface area (Å²) in [6, 6.07) is 4.93. The van der Waals surface area contributed by atoms with Crippen molar-refractivity contribution in [1.29, 1.82) is 0 Å². The van der Waals surface area contributed by atoms with E-state index in [1.165, 1.54) is 6.07 Å². The second kappa shape index (κ2) is 8.37. The van der Waals surface area contributed by atoms with Crippen molar-refractivity contribution < 1.29 is 9.18 Å². The predicted molar refractivity (Wildman–Crippen MR) is 83.4 cm³/mol. The Kier molecular flexibility index (Phi) is 7.16. The average Bonchev–Trinajstić information content (AvgIpc) is 2.40. The molecule has 0 aromatic heterocycles. The Morgan fingerprint density at radius 3 is 2.70 bits per heavy atom. The summed E-state index contributed by atoms with van der Waals surface area (Å²) >= 11 is 3.07. The van der Waals surface area contributed by atoms with E-state index in [4.69, 9.17) is 0 Å². The van der Waals surface area contributed by atoms with Gasteiger partial charge in [-0.1, -0.05) is 0 Å². The maximum atomic E-state index is 13.3. The predicted octanol–water partition coefficient (Wildman–Crippen LogP) is 3.44. The average molecular weight is 345 g/mol. The van der Waals surface area contributed by atoms with Crippen LogP contribution in [0.3, 0.4) is 0 Å². The summed E-state index contributed by atoms with van der Waals surface area (Å²) in [7, 11) is 2.09. The number of unbranched alkanes of at least 4 members (excludes halogenated alkanes) is 1. The van der Waals surface area contributed by atoms with Gasteiger partial charge in [0.25, 0.3) is 5.91 Å². The zero-order valence-electron chi connectivity index (χ0n) is 12.2. The minimum Gasteiger partial charge on any atom is -0.352 e. The summed E-state index contributed by atoms with van der Waals surface area (Å²) in [5.41, 5.74) is 0.352. The summed E-state index contributed by atoms with van der Waals surface area (Å²) in [5, 5.41) is 2.81. The van der Waals surface area contributed by atoms with Crippen molar-refractivity contribution in [2.24, 2.45) is 0 Å². The molecule has 112 valence electrons. The zero-order valence-corrected chi connectivity index (χ0v) is 13.8. The van der Waals surface area contributed by atoms with Gasteiger partial charge in [0.05, 0.1) is 4.47 Å². The fourth-order valence-corrected chi connectivity index (χ4v) is 1.93. The number of benzene rings is 1. The Hall–Kier alpha value is -0.940. The van der Waals surface area contributed by atoms with Crippen LogP contribution in [-0.4, -0.2) is 37.0 Å². The van der Waals surface area contributed by atoms with Crippen molar-refractivity contribution >= 4 is 21.8 Å². The highest BCUT2D eigenvalue weighted by Gasteiger charge is 2.08. The number of hydrogen-bond acceptors (Lipinski definition) is 2. The Balaban J connectivity index is 2.28. The molecular weight excluding hydrogens is 323 g/mol. The molecule has 0 unspecified atom stereocenters. The first-order valence-corrected chi connectivity index (χ1v) is 7.64. The SMILES string of the molecule is CC(C)N(C)CCCCNC(=O)c1ccc(Br)c(F)c1. The molecule has 5 heteroatoms. The van der Waals surface area contributed by atoms with E-state index in [2.05, 4.69) is 47.0 Å². The molecule has 0 aliphatic carbocycles. The monoisotopic (exact) mass is 344 g/mol. The van der Waals surface area contributed by atoms with Crippen LogP contribution in [0.15, 0.2) is 22.7 Å². The van der Waals surface area contributed by atoms with Crippen molar-refractivity contribution in [3.8, 4) is 0 Å². The van der Waals surface area contributed by atoms with E-state index >= 15 is 0 Å². The van der Waals surface area contributed by atoms with E-state index in [9.17, 15) is 9.18 Å². The van der Waals surface area contributed by atoms with Crippen LogP contribution in [0, 0.1) is 5.82 Å². The normalized spacial score (nSPS) is 11.2. The van der Waals surface area contributed by atoms with Gasteiger partial charge in [0.15, 0.2) is 0 Å². The van der Waals surface area contributed by atoms with Gasteiger partial charge in [0.1, 0.15) is 5.82 Å². The number of rotatable bonds is 7. The first-order valence-electron chi connectivity index (χ1n) is 6.85. The first kappa shape index (κ1) is 17.1. The topological polar surface area (TPSA) is 32.3 Å². The fourth-order valence-electron chi connectivity index (χ4n) is 1.69. The maximum absolute atomic E-state index is 13.3. The Morgan fingerprint density at radius 1 is 1.40 bits per heavy atom. The third-order valence-corrected chi connectivity index (χ3v) is 3.93. The van der Waals surface area contributed by atoms with Crippen molar-refractivity contribution in [2.45, 2.75) is 32.7 Å². The van der Waals surface area contributed by atoms with E-state index in [-0.39, 0.29) is 5.91 Å². The maximum Gasteiger partial charge on any atom is 0.251 e. The molecule has 0 fully saturated rings. The number of halogens is 2. The van der Waals surface area contributed by atoms with E-state index in [0.29, 0.717) is 22.6 Å². The third-order valence-electron chi connectivity index (χ3n) is 3.29. The van der Waals surface area contributed by atoms with Gasteiger partial charge >= 0.3 is 0 Å². The molecule has 0 saturated carbocycles. The first-order chi connectivity index (χ1) is 9.41. The van der Waals surface area contributed by atoms with E-state index < -0.39 is 5.82 Å². The number of nitrogens with zero attached hydrogens (tertiary/aromatic N) is 1. The van der Waals surface area contributed by atoms with Crippen LogP contribution in [0.25, 0.3) is 0 Å². The molecule has 0 spiro atoms. The number of hydrogen-bond donors (Lipinski definition) is 1. The largest absolute Gasteiger partial charge is 0.352 e. The molecule has 0 aliphatic rings. The molecular formula is C15H22BrFN2O. The second-order valence-electron chi connectivity index (χ2n) is 5.17. The van der Waals surface area contributed by atoms with Crippen molar-refractivity contribution in [1.82, 2.24) is 10.2 Å². The van der Waals surface area contributed by atoms with Gasteiger partial charge in [0.2, 0.25) is 0 Å². The molecule has 1 amide bonds. The minimum atomic E-state index is -0.420. The lowest BCUT2D eigenvalue weighted by molar-refractivity contribution is 0.0952. The summed E-state index contributed by atoms with van der Waals surface area (Å²) in [5.74, 6) is -0.648. The van der Waals surface area contributed by atoms with Gasteiger partial charge in [-0.15, -0.1) is 0 Å². The van der Waals surface area contributed by atoms with E-state index in [0.717, 1.165) is 19.4 Å². The smallest absolute Gasteiger partial charge is 0.251 e. The lowest BCUT2D eigenvalue weighted by Gasteiger charge is -2.20. The van der Waals surface area contributed by atoms with Crippen LogP contribution in [0.1, 0.15) is 37.0 Å². The highest BCUT2D eigenvalue weighted by atomic mass is 79.9.